The third kappa shape index (κ3) is 4.93. The van der Waals surface area contributed by atoms with Crippen molar-refractivity contribution in [2.24, 2.45) is 0 Å². The fourth-order valence-corrected chi connectivity index (χ4v) is 1.90. The molecule has 1 aromatic heterocycles. The van der Waals surface area contributed by atoms with E-state index < -0.39 is 5.60 Å². The smallest absolute Gasteiger partial charge is 0.328 e. The van der Waals surface area contributed by atoms with Crippen molar-refractivity contribution in [2.75, 3.05) is 5.73 Å². The molecule has 1 aromatic rings. The maximum atomic E-state index is 11.7. The first kappa shape index (κ1) is 15.5. The zero-order chi connectivity index (χ0) is 14.6. The summed E-state index contributed by atoms with van der Waals surface area (Å²) in [5.41, 5.74) is 6.32. The Kier molecular flexibility index (Phi) is 4.97. The van der Waals surface area contributed by atoms with Crippen molar-refractivity contribution in [1.29, 1.82) is 0 Å². The Balaban J connectivity index is 2.72. The third-order valence-electron chi connectivity index (χ3n) is 2.76. The Hall–Kier alpha value is -1.52. The molecule has 1 unspecified atom stereocenters. The van der Waals surface area contributed by atoms with Gasteiger partial charge >= 0.3 is 5.97 Å². The fourth-order valence-electron chi connectivity index (χ4n) is 1.90. The largest absolute Gasteiger partial charge is 0.459 e. The van der Waals surface area contributed by atoms with E-state index in [1.54, 1.807) is 0 Å². The molecule has 1 rings (SSSR count). The number of esters is 1. The molecule has 0 bridgehead atoms. The minimum Gasteiger partial charge on any atom is -0.459 e. The molecule has 0 aromatic carbocycles. The van der Waals surface area contributed by atoms with Crippen molar-refractivity contribution in [1.82, 2.24) is 9.78 Å². The highest BCUT2D eigenvalue weighted by molar-refractivity contribution is 5.70. The molecular formula is C14H25N3O2. The Labute approximate surface area is 115 Å². The molecule has 0 saturated heterocycles. The summed E-state index contributed by atoms with van der Waals surface area (Å²) >= 11 is 0. The summed E-state index contributed by atoms with van der Waals surface area (Å²) in [6.45, 7) is 9.83. The number of nitrogens with two attached hydrogens (primary N) is 1. The van der Waals surface area contributed by atoms with Crippen LogP contribution in [0, 0.1) is 0 Å². The van der Waals surface area contributed by atoms with Crippen LogP contribution in [0.2, 0.25) is 0 Å². The lowest BCUT2D eigenvalue weighted by Gasteiger charge is -2.19. The van der Waals surface area contributed by atoms with Gasteiger partial charge in [-0.25, -0.2) is 4.68 Å². The van der Waals surface area contributed by atoms with Crippen LogP contribution in [0.1, 0.15) is 59.1 Å². The van der Waals surface area contributed by atoms with Crippen molar-refractivity contribution in [2.45, 2.75) is 65.5 Å². The zero-order valence-electron chi connectivity index (χ0n) is 12.6. The number of hydrogen-bond acceptors (Lipinski definition) is 4. The molecule has 19 heavy (non-hydrogen) atoms. The van der Waals surface area contributed by atoms with E-state index in [4.69, 9.17) is 10.5 Å². The molecule has 5 heteroatoms. The van der Waals surface area contributed by atoms with E-state index in [0.717, 1.165) is 18.5 Å². The van der Waals surface area contributed by atoms with Gasteiger partial charge in [-0.15, -0.1) is 0 Å². The second kappa shape index (κ2) is 6.08. The van der Waals surface area contributed by atoms with Crippen molar-refractivity contribution >= 4 is 11.8 Å². The van der Waals surface area contributed by atoms with Gasteiger partial charge in [0.25, 0.3) is 0 Å². The lowest BCUT2D eigenvalue weighted by Crippen LogP contribution is -2.27. The van der Waals surface area contributed by atoms with Crippen molar-refractivity contribution in [3.63, 3.8) is 0 Å². The normalized spacial score (nSPS) is 13.3. The van der Waals surface area contributed by atoms with Gasteiger partial charge in [-0.05, 0) is 27.2 Å². The van der Waals surface area contributed by atoms with Crippen LogP contribution in [0.3, 0.4) is 0 Å². The summed E-state index contributed by atoms with van der Waals surface area (Å²) in [5.74, 6) is 0.535. The maximum absolute atomic E-state index is 11.7. The van der Waals surface area contributed by atoms with E-state index in [1.165, 1.54) is 4.68 Å². The summed E-state index contributed by atoms with van der Waals surface area (Å²) in [7, 11) is 0. The summed E-state index contributed by atoms with van der Waals surface area (Å²) in [6.07, 6.45) is 2.16. The predicted octanol–water partition coefficient (Wildman–Crippen LogP) is 2.71. The first-order chi connectivity index (χ1) is 8.73. The highest BCUT2D eigenvalue weighted by Crippen LogP contribution is 2.21. The summed E-state index contributed by atoms with van der Waals surface area (Å²) in [6, 6.07) is 1.84. The van der Waals surface area contributed by atoms with Gasteiger partial charge < -0.3 is 10.5 Å². The lowest BCUT2D eigenvalue weighted by atomic mass is 10.0. The number of rotatable bonds is 5. The van der Waals surface area contributed by atoms with Gasteiger partial charge in [0.15, 0.2) is 0 Å². The molecule has 0 radical (unpaired) electrons. The van der Waals surface area contributed by atoms with Gasteiger partial charge in [0.1, 0.15) is 18.0 Å². The SMILES string of the molecule is CCCC(C)c1cc(N)n(CC(=O)OC(C)(C)C)n1. The third-order valence-corrected chi connectivity index (χ3v) is 2.76. The van der Waals surface area contributed by atoms with Crippen LogP contribution in [0.15, 0.2) is 6.07 Å². The number of anilines is 1. The topological polar surface area (TPSA) is 70.1 Å². The van der Waals surface area contributed by atoms with Crippen molar-refractivity contribution < 1.29 is 9.53 Å². The quantitative estimate of drug-likeness (QED) is 0.833. The monoisotopic (exact) mass is 267 g/mol. The van der Waals surface area contributed by atoms with E-state index in [1.807, 2.05) is 26.8 Å². The Morgan fingerprint density at radius 1 is 1.53 bits per heavy atom. The molecule has 0 amide bonds. The standard InChI is InChI=1S/C14H25N3O2/c1-6-7-10(2)11-8-12(15)17(16-11)9-13(18)19-14(3,4)5/h8,10H,6-7,9,15H2,1-5H3. The number of nitrogen functional groups attached to an aromatic ring is 1. The maximum Gasteiger partial charge on any atom is 0.328 e. The van der Waals surface area contributed by atoms with Crippen molar-refractivity contribution in [3.8, 4) is 0 Å². The number of nitrogens with zero attached hydrogens (tertiary/aromatic N) is 2. The molecule has 5 nitrogen and oxygen atoms in total. The molecule has 0 aliphatic heterocycles. The Morgan fingerprint density at radius 3 is 2.68 bits per heavy atom. The molecule has 108 valence electrons. The van der Waals surface area contributed by atoms with Crippen LogP contribution in [0.25, 0.3) is 0 Å². The average molecular weight is 267 g/mol. The number of hydrogen-bond donors (Lipinski definition) is 1. The minimum absolute atomic E-state index is 0.0575. The Morgan fingerprint density at radius 2 is 2.16 bits per heavy atom. The molecule has 1 atom stereocenters. The first-order valence-electron chi connectivity index (χ1n) is 6.78. The molecule has 0 spiro atoms. The number of carbonyl (C=O) groups is 1. The van der Waals surface area contributed by atoms with Gasteiger partial charge in [-0.2, -0.15) is 5.10 Å². The molecule has 0 fully saturated rings. The van der Waals surface area contributed by atoms with Crippen LogP contribution in [-0.2, 0) is 16.1 Å². The van der Waals surface area contributed by atoms with E-state index in [2.05, 4.69) is 18.9 Å². The van der Waals surface area contributed by atoms with E-state index in [0.29, 0.717) is 11.7 Å². The second-order valence-electron chi connectivity index (χ2n) is 5.93. The van der Waals surface area contributed by atoms with E-state index in [-0.39, 0.29) is 12.5 Å². The number of ether oxygens (including phenoxy) is 1. The van der Waals surface area contributed by atoms with Crippen LogP contribution in [0.4, 0.5) is 5.82 Å². The highest BCUT2D eigenvalue weighted by Gasteiger charge is 2.19. The second-order valence-corrected chi connectivity index (χ2v) is 5.93. The van der Waals surface area contributed by atoms with Crippen LogP contribution >= 0.6 is 0 Å². The van der Waals surface area contributed by atoms with Crippen molar-refractivity contribution in [3.05, 3.63) is 11.8 Å². The summed E-state index contributed by atoms with van der Waals surface area (Å²) in [4.78, 5) is 11.7. The van der Waals surface area contributed by atoms with Crippen LogP contribution < -0.4 is 5.73 Å². The predicted molar refractivity (Wildman–Crippen MR) is 75.8 cm³/mol. The number of aromatic nitrogens is 2. The molecule has 0 aliphatic carbocycles. The molecule has 0 aliphatic rings. The number of carbonyl (C=O) groups excluding carboxylic acids is 1. The average Bonchev–Trinajstić information content (AvgIpc) is 2.58. The van der Waals surface area contributed by atoms with Gasteiger partial charge in [0, 0.05) is 12.0 Å². The minimum atomic E-state index is -0.489. The summed E-state index contributed by atoms with van der Waals surface area (Å²) in [5, 5.41) is 4.39. The highest BCUT2D eigenvalue weighted by atomic mass is 16.6. The zero-order valence-corrected chi connectivity index (χ0v) is 12.6. The molecule has 2 N–H and O–H groups in total. The van der Waals surface area contributed by atoms with Gasteiger partial charge in [-0.3, -0.25) is 4.79 Å². The van der Waals surface area contributed by atoms with Gasteiger partial charge in [-0.1, -0.05) is 20.3 Å². The van der Waals surface area contributed by atoms with Gasteiger partial charge in [0.05, 0.1) is 5.69 Å². The van der Waals surface area contributed by atoms with Crippen LogP contribution in [0.5, 0.6) is 0 Å². The lowest BCUT2D eigenvalue weighted by molar-refractivity contribution is -0.155. The van der Waals surface area contributed by atoms with E-state index in [9.17, 15) is 4.79 Å². The Bertz CT molecular complexity index is 432. The molecule has 1 heterocycles. The fraction of sp³-hybridized carbons (Fsp3) is 0.714. The van der Waals surface area contributed by atoms with Crippen LogP contribution in [-0.4, -0.2) is 21.4 Å². The van der Waals surface area contributed by atoms with E-state index >= 15 is 0 Å². The van der Waals surface area contributed by atoms with Gasteiger partial charge in [0.2, 0.25) is 0 Å². The molecular weight excluding hydrogens is 242 g/mol. The summed E-state index contributed by atoms with van der Waals surface area (Å²) < 4.78 is 6.77. The molecule has 0 saturated carbocycles. The first-order valence-corrected chi connectivity index (χ1v) is 6.78.